The molecule has 0 radical (unpaired) electrons. The summed E-state index contributed by atoms with van der Waals surface area (Å²) in [6.45, 7) is 3.05. The van der Waals surface area contributed by atoms with Gasteiger partial charge in [0.15, 0.2) is 0 Å². The summed E-state index contributed by atoms with van der Waals surface area (Å²) in [5, 5.41) is 11.2. The Morgan fingerprint density at radius 1 is 1.27 bits per heavy atom. The maximum Gasteiger partial charge on any atom is 0.213 e. The lowest BCUT2D eigenvalue weighted by atomic mass is 10.1. The highest BCUT2D eigenvalue weighted by molar-refractivity contribution is 7.99. The zero-order valence-corrected chi connectivity index (χ0v) is 19.4. The van der Waals surface area contributed by atoms with Crippen molar-refractivity contribution in [2.45, 2.75) is 30.3 Å². The molecule has 4 rings (SSSR count). The summed E-state index contributed by atoms with van der Waals surface area (Å²) in [5.41, 5.74) is 1.51. The molecule has 0 N–H and O–H groups in total. The molecule has 8 nitrogen and oxygen atoms in total. The van der Waals surface area contributed by atoms with Gasteiger partial charge in [0.2, 0.25) is 5.79 Å². The van der Waals surface area contributed by atoms with Gasteiger partial charge in [0.25, 0.3) is 0 Å². The molecule has 0 saturated carbocycles. The molecule has 0 aliphatic carbocycles. The molecule has 1 aromatic heterocycles. The average molecular weight is 469 g/mol. The number of carbonyl (C=O) groups excluding carboxylic acids is 1. The first kappa shape index (κ1) is 23.2. The van der Waals surface area contributed by atoms with Crippen molar-refractivity contribution in [3.8, 4) is 5.75 Å². The lowest BCUT2D eigenvalue weighted by molar-refractivity contribution is -0.246. The summed E-state index contributed by atoms with van der Waals surface area (Å²) in [6.07, 6.45) is 4.04. The number of anilines is 1. The number of rotatable bonds is 9. The monoisotopic (exact) mass is 468 g/mol. The molecule has 0 spiro atoms. The van der Waals surface area contributed by atoms with E-state index in [1.807, 2.05) is 47.2 Å². The number of hydrogen-bond acceptors (Lipinski definition) is 7. The molecule has 1 unspecified atom stereocenters. The predicted octanol–water partition coefficient (Wildman–Crippen LogP) is 3.12. The van der Waals surface area contributed by atoms with Gasteiger partial charge in [-0.05, 0) is 55.5 Å². The summed E-state index contributed by atoms with van der Waals surface area (Å²) in [5.74, 6) is 0.544. The smallest absolute Gasteiger partial charge is 0.213 e. The van der Waals surface area contributed by atoms with Gasteiger partial charge in [-0.2, -0.15) is 0 Å². The lowest BCUT2D eigenvalue weighted by Crippen LogP contribution is -2.41. The zero-order valence-electron chi connectivity index (χ0n) is 18.5. The van der Waals surface area contributed by atoms with E-state index in [1.165, 1.54) is 4.90 Å². The second-order valence-electron chi connectivity index (χ2n) is 7.58. The van der Waals surface area contributed by atoms with Crippen LogP contribution in [0.5, 0.6) is 5.75 Å². The first-order chi connectivity index (χ1) is 16.0. The predicted molar refractivity (Wildman–Crippen MR) is 123 cm³/mol. The number of thioether (sulfide) groups is 1. The molecule has 3 aromatic rings. The van der Waals surface area contributed by atoms with E-state index in [-0.39, 0.29) is 6.10 Å². The van der Waals surface area contributed by atoms with Crippen molar-refractivity contribution in [1.82, 2.24) is 9.55 Å². The van der Waals surface area contributed by atoms with Crippen molar-refractivity contribution in [2.24, 2.45) is 0 Å². The maximum atomic E-state index is 11.2. The van der Waals surface area contributed by atoms with Crippen LogP contribution in [-0.2, 0) is 21.8 Å². The Kier molecular flexibility index (Phi) is 7.22. The van der Waals surface area contributed by atoms with Gasteiger partial charge in [-0.25, -0.2) is 4.98 Å². The first-order valence-corrected chi connectivity index (χ1v) is 11.6. The third kappa shape index (κ3) is 5.32. The minimum absolute atomic E-state index is 0.115. The van der Waals surface area contributed by atoms with Crippen LogP contribution in [0, 0.1) is 0 Å². The summed E-state index contributed by atoms with van der Waals surface area (Å²) in [4.78, 5) is 17.6. The van der Waals surface area contributed by atoms with Crippen LogP contribution in [0.25, 0.3) is 0 Å². The minimum Gasteiger partial charge on any atom is -0.530 e. The van der Waals surface area contributed by atoms with Gasteiger partial charge in [-0.3, -0.25) is 0 Å². The van der Waals surface area contributed by atoms with Crippen molar-refractivity contribution in [3.05, 3.63) is 72.8 Å². The number of carboxylic acid groups (broad SMARTS) is 1. The van der Waals surface area contributed by atoms with E-state index >= 15 is 0 Å². The number of imidazole rings is 1. The number of carbonyl (C=O) groups is 1. The molecular weight excluding hydrogens is 442 g/mol. The molecule has 2 heterocycles. The van der Waals surface area contributed by atoms with E-state index in [2.05, 4.69) is 4.98 Å². The molecule has 1 saturated heterocycles. The highest BCUT2D eigenvalue weighted by atomic mass is 32.2. The van der Waals surface area contributed by atoms with Crippen molar-refractivity contribution >= 4 is 23.5 Å². The van der Waals surface area contributed by atoms with Gasteiger partial charge < -0.3 is 33.6 Å². The third-order valence-corrected chi connectivity index (χ3v) is 6.60. The molecule has 1 aliphatic rings. The highest BCUT2D eigenvalue weighted by Crippen LogP contribution is 2.38. The molecule has 1 aliphatic heterocycles. The maximum absolute atomic E-state index is 11.2. The van der Waals surface area contributed by atoms with Crippen LogP contribution in [0.2, 0.25) is 0 Å². The first-order valence-electron chi connectivity index (χ1n) is 10.7. The number of ether oxygens (including phenoxy) is 3. The third-order valence-electron chi connectivity index (χ3n) is 5.46. The molecule has 174 valence electrons. The molecule has 0 bridgehead atoms. The largest absolute Gasteiger partial charge is 0.530 e. The van der Waals surface area contributed by atoms with Crippen molar-refractivity contribution in [3.63, 3.8) is 0 Å². The van der Waals surface area contributed by atoms with Crippen molar-refractivity contribution in [2.75, 3.05) is 30.9 Å². The normalized spacial score (nSPS) is 20.0. The molecule has 2 atom stereocenters. The molecule has 1 fully saturated rings. The zero-order chi connectivity index (χ0) is 23.3. The van der Waals surface area contributed by atoms with Crippen LogP contribution in [0.4, 0.5) is 10.5 Å². The van der Waals surface area contributed by atoms with Crippen LogP contribution < -0.4 is 14.7 Å². The van der Waals surface area contributed by atoms with Crippen LogP contribution in [0.3, 0.4) is 0 Å². The van der Waals surface area contributed by atoms with E-state index in [0.717, 1.165) is 16.2 Å². The molecule has 2 aromatic carbocycles. The number of methoxy groups -OCH3 is 1. The number of hydrogen-bond donors (Lipinski definition) is 0. The Morgan fingerprint density at radius 3 is 2.64 bits per heavy atom. The average Bonchev–Trinajstić information content (AvgIpc) is 3.50. The van der Waals surface area contributed by atoms with Crippen LogP contribution in [0.1, 0.15) is 12.5 Å². The van der Waals surface area contributed by atoms with Crippen molar-refractivity contribution < 1.29 is 24.1 Å². The second-order valence-corrected chi connectivity index (χ2v) is 8.68. The van der Waals surface area contributed by atoms with Crippen LogP contribution >= 0.6 is 11.8 Å². The van der Waals surface area contributed by atoms with E-state index in [1.54, 1.807) is 50.5 Å². The number of aromatic nitrogens is 2. The summed E-state index contributed by atoms with van der Waals surface area (Å²) in [6, 6.07) is 15.1. The topological polar surface area (TPSA) is 88.9 Å². The second kappa shape index (κ2) is 10.3. The van der Waals surface area contributed by atoms with Gasteiger partial charge in [0, 0.05) is 40.8 Å². The quantitative estimate of drug-likeness (QED) is 0.446. The van der Waals surface area contributed by atoms with Gasteiger partial charge in [0.05, 0.1) is 32.7 Å². The SMILES string of the molecule is CCN(C(=O)[O-])c1ccc(SCC2CO[C@](Cn3ccnc3)(c3ccc(OC)cc3)O2)cc1. The van der Waals surface area contributed by atoms with Gasteiger partial charge >= 0.3 is 0 Å². The lowest BCUT2D eigenvalue weighted by Gasteiger charge is -2.29. The van der Waals surface area contributed by atoms with Gasteiger partial charge in [0.1, 0.15) is 11.8 Å². The molecule has 33 heavy (non-hydrogen) atoms. The number of benzene rings is 2. The standard InChI is InChI=1S/C24H27N3O5S/c1-3-27(23(28)29)19-6-10-22(11-7-19)33-15-21-14-31-24(32-21,16-26-13-12-25-17-26)18-4-8-20(30-2)9-5-18/h4-13,17,21H,3,14-16H2,1-2H3,(H,28,29)/p-1/t21?,24-/m0/s1. The van der Waals surface area contributed by atoms with Crippen LogP contribution in [-0.4, -0.2) is 47.8 Å². The van der Waals surface area contributed by atoms with E-state index in [9.17, 15) is 9.90 Å². The fraction of sp³-hybridized carbons (Fsp3) is 0.333. The van der Waals surface area contributed by atoms with Crippen LogP contribution in [0.15, 0.2) is 72.1 Å². The Balaban J connectivity index is 1.44. The van der Waals surface area contributed by atoms with E-state index < -0.39 is 11.9 Å². The molecule has 1 amide bonds. The Morgan fingerprint density at radius 2 is 2.03 bits per heavy atom. The molecule has 9 heteroatoms. The Bertz CT molecular complexity index is 1040. The van der Waals surface area contributed by atoms with Crippen molar-refractivity contribution in [1.29, 1.82) is 0 Å². The van der Waals surface area contributed by atoms with E-state index in [0.29, 0.717) is 31.1 Å². The summed E-state index contributed by atoms with van der Waals surface area (Å²) >= 11 is 1.64. The number of nitrogens with zero attached hydrogens (tertiary/aromatic N) is 3. The number of amides is 1. The fourth-order valence-electron chi connectivity index (χ4n) is 3.77. The summed E-state index contributed by atoms with van der Waals surface area (Å²) < 4.78 is 20.0. The minimum atomic E-state index is -1.21. The fourth-order valence-corrected chi connectivity index (χ4v) is 4.64. The van der Waals surface area contributed by atoms with Gasteiger partial charge in [-0.15, -0.1) is 11.8 Å². The van der Waals surface area contributed by atoms with Gasteiger partial charge in [-0.1, -0.05) is 0 Å². The Hall–Kier alpha value is -3.01. The molecular formula is C24H26N3O5S-. The van der Waals surface area contributed by atoms with E-state index in [4.69, 9.17) is 14.2 Å². The Labute approximate surface area is 197 Å². The summed E-state index contributed by atoms with van der Waals surface area (Å²) in [7, 11) is 1.64. The highest BCUT2D eigenvalue weighted by Gasteiger charge is 2.43.